The van der Waals surface area contributed by atoms with E-state index in [4.69, 9.17) is 0 Å². The third-order valence-electron chi connectivity index (χ3n) is 3.91. The standard InChI is InChI=1S/C17H26N6O/c1-4-18-17(20-11-16-22-21-13(2)23(16)3)19-10-15(12-24)14-8-6-5-7-9-14/h5-9,15,24H,4,10-12H2,1-3H3,(H2,18,19,20). The lowest BCUT2D eigenvalue weighted by Gasteiger charge is -2.18. The number of aryl methyl sites for hydroxylation is 1. The van der Waals surface area contributed by atoms with Crippen molar-refractivity contribution in [1.82, 2.24) is 25.4 Å². The number of aliphatic imine (C=N–C) groups is 1. The van der Waals surface area contributed by atoms with Crippen LogP contribution in [0.5, 0.6) is 0 Å². The van der Waals surface area contributed by atoms with Gasteiger partial charge in [0.15, 0.2) is 11.8 Å². The smallest absolute Gasteiger partial charge is 0.191 e. The van der Waals surface area contributed by atoms with Gasteiger partial charge >= 0.3 is 0 Å². The van der Waals surface area contributed by atoms with E-state index in [1.807, 2.05) is 55.8 Å². The summed E-state index contributed by atoms with van der Waals surface area (Å²) in [7, 11) is 1.93. The van der Waals surface area contributed by atoms with Gasteiger partial charge in [-0.05, 0) is 19.4 Å². The highest BCUT2D eigenvalue weighted by Gasteiger charge is 2.11. The van der Waals surface area contributed by atoms with Crippen molar-refractivity contribution in [3.8, 4) is 0 Å². The number of aliphatic hydroxyl groups is 1. The topological polar surface area (TPSA) is 87.4 Å². The Kier molecular flexibility index (Phi) is 6.74. The van der Waals surface area contributed by atoms with Gasteiger partial charge in [0.1, 0.15) is 12.4 Å². The summed E-state index contributed by atoms with van der Waals surface area (Å²) >= 11 is 0. The molecule has 1 aromatic carbocycles. The zero-order chi connectivity index (χ0) is 17.4. The Labute approximate surface area is 142 Å². The minimum Gasteiger partial charge on any atom is -0.396 e. The molecule has 7 nitrogen and oxygen atoms in total. The lowest BCUT2D eigenvalue weighted by molar-refractivity contribution is 0.265. The molecule has 0 aliphatic heterocycles. The highest BCUT2D eigenvalue weighted by molar-refractivity contribution is 5.79. The molecule has 0 bridgehead atoms. The van der Waals surface area contributed by atoms with Crippen molar-refractivity contribution >= 4 is 5.96 Å². The van der Waals surface area contributed by atoms with E-state index in [0.717, 1.165) is 23.8 Å². The van der Waals surface area contributed by atoms with Gasteiger partial charge in [-0.3, -0.25) is 0 Å². The Morgan fingerprint density at radius 1 is 1.25 bits per heavy atom. The van der Waals surface area contributed by atoms with Gasteiger partial charge in [0.2, 0.25) is 0 Å². The average Bonchev–Trinajstić information content (AvgIpc) is 2.93. The van der Waals surface area contributed by atoms with E-state index in [1.54, 1.807) is 0 Å². The lowest BCUT2D eigenvalue weighted by Crippen LogP contribution is -2.40. The van der Waals surface area contributed by atoms with E-state index in [9.17, 15) is 5.11 Å². The molecule has 2 aromatic rings. The number of benzene rings is 1. The number of nitrogens with zero attached hydrogens (tertiary/aromatic N) is 4. The fourth-order valence-electron chi connectivity index (χ4n) is 2.31. The van der Waals surface area contributed by atoms with Crippen LogP contribution in [0.1, 0.15) is 30.1 Å². The minimum atomic E-state index is 0.0205. The maximum absolute atomic E-state index is 9.65. The van der Waals surface area contributed by atoms with Gasteiger partial charge in [-0.15, -0.1) is 10.2 Å². The zero-order valence-electron chi connectivity index (χ0n) is 14.5. The van der Waals surface area contributed by atoms with Gasteiger partial charge in [0, 0.05) is 26.1 Å². The van der Waals surface area contributed by atoms with Crippen molar-refractivity contribution in [2.45, 2.75) is 26.3 Å². The maximum atomic E-state index is 9.65. The van der Waals surface area contributed by atoms with Crippen LogP contribution >= 0.6 is 0 Å². The van der Waals surface area contributed by atoms with E-state index in [2.05, 4.69) is 25.8 Å². The zero-order valence-corrected chi connectivity index (χ0v) is 14.5. The molecule has 2 rings (SSSR count). The van der Waals surface area contributed by atoms with Crippen LogP contribution < -0.4 is 10.6 Å². The number of hydrogen-bond acceptors (Lipinski definition) is 4. The molecule has 0 aliphatic rings. The van der Waals surface area contributed by atoms with Crippen molar-refractivity contribution in [2.75, 3.05) is 19.7 Å². The molecular weight excluding hydrogens is 304 g/mol. The average molecular weight is 330 g/mol. The van der Waals surface area contributed by atoms with Crippen LogP contribution in [0.25, 0.3) is 0 Å². The Bertz CT molecular complexity index is 652. The van der Waals surface area contributed by atoms with Gasteiger partial charge in [0.05, 0.1) is 6.61 Å². The minimum absolute atomic E-state index is 0.0205. The van der Waals surface area contributed by atoms with Crippen LogP contribution in [-0.2, 0) is 13.6 Å². The van der Waals surface area contributed by atoms with Crippen molar-refractivity contribution < 1.29 is 5.11 Å². The molecular formula is C17H26N6O. The number of guanidine groups is 1. The van der Waals surface area contributed by atoms with E-state index in [-0.39, 0.29) is 12.5 Å². The van der Waals surface area contributed by atoms with Crippen molar-refractivity contribution in [1.29, 1.82) is 0 Å². The second kappa shape index (κ2) is 9.02. The van der Waals surface area contributed by atoms with Crippen LogP contribution in [-0.4, -0.2) is 45.5 Å². The van der Waals surface area contributed by atoms with Gasteiger partial charge in [-0.25, -0.2) is 4.99 Å². The summed E-state index contributed by atoms with van der Waals surface area (Å²) in [6.45, 7) is 5.82. The maximum Gasteiger partial charge on any atom is 0.191 e. The number of nitrogens with one attached hydrogen (secondary N) is 2. The molecule has 7 heteroatoms. The molecule has 130 valence electrons. The monoisotopic (exact) mass is 330 g/mol. The number of aliphatic hydroxyl groups excluding tert-OH is 1. The molecule has 24 heavy (non-hydrogen) atoms. The summed E-state index contributed by atoms with van der Waals surface area (Å²) in [4.78, 5) is 4.55. The molecule has 1 heterocycles. The van der Waals surface area contributed by atoms with Gasteiger partial charge in [0.25, 0.3) is 0 Å². The molecule has 3 N–H and O–H groups in total. The molecule has 0 amide bonds. The largest absolute Gasteiger partial charge is 0.396 e. The van der Waals surface area contributed by atoms with Crippen LogP contribution in [0, 0.1) is 6.92 Å². The van der Waals surface area contributed by atoms with E-state index >= 15 is 0 Å². The van der Waals surface area contributed by atoms with Crippen molar-refractivity contribution in [2.24, 2.45) is 12.0 Å². The summed E-state index contributed by atoms with van der Waals surface area (Å²) in [6.07, 6.45) is 0. The highest BCUT2D eigenvalue weighted by Crippen LogP contribution is 2.13. The Balaban J connectivity index is 1.99. The normalized spacial score (nSPS) is 12.9. The third kappa shape index (κ3) is 4.79. The van der Waals surface area contributed by atoms with Crippen LogP contribution in [0.4, 0.5) is 0 Å². The molecule has 0 aliphatic carbocycles. The molecule has 1 atom stereocenters. The summed E-state index contributed by atoms with van der Waals surface area (Å²) < 4.78 is 1.92. The molecule has 0 radical (unpaired) electrons. The molecule has 0 fully saturated rings. The summed E-state index contributed by atoms with van der Waals surface area (Å²) in [6, 6.07) is 9.98. The number of rotatable bonds is 7. The van der Waals surface area contributed by atoms with Gasteiger partial charge in [-0.1, -0.05) is 30.3 Å². The Hall–Kier alpha value is -2.41. The SMILES string of the molecule is CCNC(=NCc1nnc(C)n1C)NCC(CO)c1ccccc1. The van der Waals surface area contributed by atoms with E-state index < -0.39 is 0 Å². The van der Waals surface area contributed by atoms with E-state index in [0.29, 0.717) is 19.0 Å². The fourth-order valence-corrected chi connectivity index (χ4v) is 2.31. The third-order valence-corrected chi connectivity index (χ3v) is 3.91. The molecule has 0 saturated carbocycles. The Morgan fingerprint density at radius 2 is 2.00 bits per heavy atom. The second-order valence-corrected chi connectivity index (χ2v) is 5.59. The quantitative estimate of drug-likeness (QED) is 0.520. The van der Waals surface area contributed by atoms with Gasteiger partial charge < -0.3 is 20.3 Å². The second-order valence-electron chi connectivity index (χ2n) is 5.59. The molecule has 0 spiro atoms. The summed E-state index contributed by atoms with van der Waals surface area (Å²) in [5.74, 6) is 2.40. The first-order chi connectivity index (χ1) is 11.7. The predicted molar refractivity (Wildman–Crippen MR) is 94.8 cm³/mol. The van der Waals surface area contributed by atoms with Gasteiger partial charge in [-0.2, -0.15) is 0 Å². The highest BCUT2D eigenvalue weighted by atomic mass is 16.3. The first-order valence-electron chi connectivity index (χ1n) is 8.18. The summed E-state index contributed by atoms with van der Waals surface area (Å²) in [5, 5.41) is 24.3. The summed E-state index contributed by atoms with van der Waals surface area (Å²) in [5.41, 5.74) is 1.10. The number of aromatic nitrogens is 3. The molecule has 1 aromatic heterocycles. The molecule has 0 saturated heterocycles. The predicted octanol–water partition coefficient (Wildman–Crippen LogP) is 0.955. The first-order valence-corrected chi connectivity index (χ1v) is 8.18. The number of hydrogen-bond donors (Lipinski definition) is 3. The lowest BCUT2D eigenvalue weighted by atomic mass is 10.0. The Morgan fingerprint density at radius 3 is 2.58 bits per heavy atom. The van der Waals surface area contributed by atoms with Crippen LogP contribution in [0.3, 0.4) is 0 Å². The van der Waals surface area contributed by atoms with Crippen molar-refractivity contribution in [3.63, 3.8) is 0 Å². The fraction of sp³-hybridized carbons (Fsp3) is 0.471. The van der Waals surface area contributed by atoms with Crippen LogP contribution in [0.2, 0.25) is 0 Å². The van der Waals surface area contributed by atoms with Crippen molar-refractivity contribution in [3.05, 3.63) is 47.5 Å². The van der Waals surface area contributed by atoms with E-state index in [1.165, 1.54) is 0 Å². The van der Waals surface area contributed by atoms with Crippen LogP contribution in [0.15, 0.2) is 35.3 Å². The first kappa shape index (κ1) is 17.9. The molecule has 1 unspecified atom stereocenters.